The number of hydrogen-bond donors (Lipinski definition) is 2. The molecule has 17 heavy (non-hydrogen) atoms. The molecule has 2 aliphatic rings. The number of aromatic amines is 1. The van der Waals surface area contributed by atoms with Crippen molar-refractivity contribution in [3.8, 4) is 0 Å². The highest BCUT2D eigenvalue weighted by Gasteiger charge is 2.33. The predicted octanol–water partition coefficient (Wildman–Crippen LogP) is 2.87. The maximum Gasteiger partial charge on any atom is 0.0461 e. The Morgan fingerprint density at radius 1 is 1.29 bits per heavy atom. The predicted molar refractivity (Wildman–Crippen MR) is 70.5 cm³/mol. The first-order valence-electron chi connectivity index (χ1n) is 6.68. The van der Waals surface area contributed by atoms with Gasteiger partial charge in [0.05, 0.1) is 0 Å². The van der Waals surface area contributed by atoms with Crippen molar-refractivity contribution in [2.75, 3.05) is 6.54 Å². The van der Waals surface area contributed by atoms with Gasteiger partial charge in [-0.3, -0.25) is 0 Å². The molecular weight excluding hydrogens is 208 g/mol. The quantitative estimate of drug-likeness (QED) is 0.710. The molecule has 0 saturated carbocycles. The van der Waals surface area contributed by atoms with Gasteiger partial charge in [-0.15, -0.1) is 0 Å². The van der Waals surface area contributed by atoms with Crippen LogP contribution < -0.4 is 5.32 Å². The van der Waals surface area contributed by atoms with Crippen molar-refractivity contribution in [2.24, 2.45) is 0 Å². The minimum absolute atomic E-state index is 0.663. The molecule has 2 atom stereocenters. The van der Waals surface area contributed by atoms with E-state index in [0.29, 0.717) is 6.04 Å². The van der Waals surface area contributed by atoms with E-state index in [1.54, 1.807) is 11.1 Å². The molecule has 0 amide bonds. The number of rotatable bonds is 0. The maximum absolute atomic E-state index is 3.71. The van der Waals surface area contributed by atoms with Crippen molar-refractivity contribution < 1.29 is 0 Å². The number of hydrogen-bond acceptors (Lipinski definition) is 1. The largest absolute Gasteiger partial charge is 0.358 e. The highest BCUT2D eigenvalue weighted by Crippen LogP contribution is 2.41. The Kier molecular flexibility index (Phi) is 1.92. The Bertz CT molecular complexity index is 582. The molecule has 2 heteroatoms. The Hall–Kier alpha value is -1.28. The summed E-state index contributed by atoms with van der Waals surface area (Å²) in [5, 5.41) is 5.23. The standard InChI is InChI=1S/C15H18N2/c1-9-12-8-14-10(5-3-7-16-14)11-4-2-6-13(17-9)15(11)12/h2,4,6,10,14,16-17H,3,5,7-8H2,1H3/t10?,14-/m1/s1. The average Bonchev–Trinajstić information content (AvgIpc) is 2.68. The van der Waals surface area contributed by atoms with Crippen molar-refractivity contribution in [1.29, 1.82) is 0 Å². The van der Waals surface area contributed by atoms with Crippen LogP contribution >= 0.6 is 0 Å². The number of piperidine rings is 1. The number of aromatic nitrogens is 1. The molecule has 2 N–H and O–H groups in total. The molecule has 2 nitrogen and oxygen atoms in total. The summed E-state index contributed by atoms with van der Waals surface area (Å²) in [7, 11) is 0. The third-order valence-electron chi connectivity index (χ3n) is 4.58. The van der Waals surface area contributed by atoms with Gasteiger partial charge >= 0.3 is 0 Å². The summed E-state index contributed by atoms with van der Waals surface area (Å²) in [5.74, 6) is 0.732. The van der Waals surface area contributed by atoms with Crippen molar-refractivity contribution in [3.63, 3.8) is 0 Å². The summed E-state index contributed by atoms with van der Waals surface area (Å²) in [6.45, 7) is 3.40. The fraction of sp³-hybridized carbons (Fsp3) is 0.467. The maximum atomic E-state index is 3.71. The zero-order chi connectivity index (χ0) is 11.4. The smallest absolute Gasteiger partial charge is 0.0461 e. The van der Waals surface area contributed by atoms with Gasteiger partial charge < -0.3 is 10.3 Å². The fourth-order valence-corrected chi connectivity index (χ4v) is 3.80. The van der Waals surface area contributed by atoms with Crippen molar-refractivity contribution >= 4 is 10.9 Å². The van der Waals surface area contributed by atoms with Gasteiger partial charge in [0.25, 0.3) is 0 Å². The first-order chi connectivity index (χ1) is 8.34. The van der Waals surface area contributed by atoms with Gasteiger partial charge in [-0.1, -0.05) is 12.1 Å². The minimum atomic E-state index is 0.663. The van der Waals surface area contributed by atoms with E-state index in [4.69, 9.17) is 0 Å². The molecule has 1 aliphatic carbocycles. The Labute approximate surface area is 101 Å². The van der Waals surface area contributed by atoms with Gasteiger partial charge in [-0.25, -0.2) is 0 Å². The summed E-state index contributed by atoms with van der Waals surface area (Å²) in [4.78, 5) is 3.54. The normalized spacial score (nSPS) is 27.1. The molecule has 2 heterocycles. The molecule has 4 rings (SSSR count). The lowest BCUT2D eigenvalue weighted by Crippen LogP contribution is -2.43. The van der Waals surface area contributed by atoms with Crippen LogP contribution in [0.15, 0.2) is 18.2 Å². The SMILES string of the molecule is Cc1[nH]c2cccc3c2c1C[C@H]1NCCCC31. The average molecular weight is 226 g/mol. The first kappa shape index (κ1) is 9.72. The summed E-state index contributed by atoms with van der Waals surface area (Å²) in [5.41, 5.74) is 5.81. The summed E-state index contributed by atoms with van der Waals surface area (Å²) in [6, 6.07) is 7.42. The van der Waals surface area contributed by atoms with Crippen LogP contribution in [-0.4, -0.2) is 17.6 Å². The Morgan fingerprint density at radius 3 is 3.18 bits per heavy atom. The molecule has 1 unspecified atom stereocenters. The third-order valence-corrected chi connectivity index (χ3v) is 4.58. The van der Waals surface area contributed by atoms with Crippen molar-refractivity contribution in [2.45, 2.75) is 38.1 Å². The molecule has 2 aromatic rings. The zero-order valence-electron chi connectivity index (χ0n) is 10.2. The number of aryl methyl sites for hydroxylation is 1. The van der Waals surface area contributed by atoms with E-state index >= 15 is 0 Å². The first-order valence-corrected chi connectivity index (χ1v) is 6.68. The molecule has 0 spiro atoms. The van der Waals surface area contributed by atoms with Crippen molar-refractivity contribution in [3.05, 3.63) is 35.0 Å². The molecular formula is C15H18N2. The van der Waals surface area contributed by atoms with E-state index in [-0.39, 0.29) is 0 Å². The van der Waals surface area contributed by atoms with Gasteiger partial charge in [0.2, 0.25) is 0 Å². The van der Waals surface area contributed by atoms with Crippen LogP contribution in [0.1, 0.15) is 35.6 Å². The Morgan fingerprint density at radius 2 is 2.24 bits per heavy atom. The lowest BCUT2D eigenvalue weighted by molar-refractivity contribution is 0.345. The van der Waals surface area contributed by atoms with Gasteiger partial charge in [0.15, 0.2) is 0 Å². The molecule has 1 fully saturated rings. The van der Waals surface area contributed by atoms with Crippen LogP contribution in [0, 0.1) is 6.92 Å². The monoisotopic (exact) mass is 226 g/mol. The molecule has 0 bridgehead atoms. The molecule has 1 aromatic heterocycles. The van der Waals surface area contributed by atoms with Crippen LogP contribution in [-0.2, 0) is 6.42 Å². The topological polar surface area (TPSA) is 27.8 Å². The summed E-state index contributed by atoms with van der Waals surface area (Å²) >= 11 is 0. The number of benzene rings is 1. The van der Waals surface area contributed by atoms with E-state index in [1.165, 1.54) is 42.4 Å². The van der Waals surface area contributed by atoms with E-state index in [2.05, 4.69) is 35.4 Å². The van der Waals surface area contributed by atoms with Gasteiger partial charge in [0, 0.05) is 28.6 Å². The number of nitrogens with one attached hydrogen (secondary N) is 2. The van der Waals surface area contributed by atoms with Crippen LogP contribution in [0.3, 0.4) is 0 Å². The highest BCUT2D eigenvalue weighted by molar-refractivity contribution is 5.89. The molecule has 1 saturated heterocycles. The zero-order valence-corrected chi connectivity index (χ0v) is 10.2. The third kappa shape index (κ3) is 1.25. The van der Waals surface area contributed by atoms with E-state index in [9.17, 15) is 0 Å². The second-order valence-electron chi connectivity index (χ2n) is 5.51. The number of H-pyrrole nitrogens is 1. The molecule has 1 aromatic carbocycles. The van der Waals surface area contributed by atoms with Crippen LogP contribution in [0.25, 0.3) is 10.9 Å². The molecule has 88 valence electrons. The molecule has 1 aliphatic heterocycles. The van der Waals surface area contributed by atoms with E-state index in [1.807, 2.05) is 0 Å². The van der Waals surface area contributed by atoms with Crippen LogP contribution in [0.2, 0.25) is 0 Å². The summed E-state index contributed by atoms with van der Waals surface area (Å²) in [6.07, 6.45) is 3.87. The lowest BCUT2D eigenvalue weighted by Gasteiger charge is -2.36. The minimum Gasteiger partial charge on any atom is -0.358 e. The van der Waals surface area contributed by atoms with Crippen molar-refractivity contribution in [1.82, 2.24) is 10.3 Å². The summed E-state index contributed by atoms with van der Waals surface area (Å²) < 4.78 is 0. The van der Waals surface area contributed by atoms with Gasteiger partial charge in [-0.05, 0) is 49.9 Å². The fourth-order valence-electron chi connectivity index (χ4n) is 3.80. The second-order valence-corrected chi connectivity index (χ2v) is 5.51. The lowest BCUT2D eigenvalue weighted by atomic mass is 9.75. The highest BCUT2D eigenvalue weighted by atomic mass is 14.9. The van der Waals surface area contributed by atoms with E-state index < -0.39 is 0 Å². The molecule has 0 radical (unpaired) electrons. The van der Waals surface area contributed by atoms with E-state index in [0.717, 1.165) is 5.92 Å². The van der Waals surface area contributed by atoms with Gasteiger partial charge in [-0.2, -0.15) is 0 Å². The second kappa shape index (κ2) is 3.36. The Balaban J connectivity index is 2.01. The van der Waals surface area contributed by atoms with Gasteiger partial charge in [0.1, 0.15) is 0 Å². The van der Waals surface area contributed by atoms with Crippen LogP contribution in [0.4, 0.5) is 0 Å². The number of fused-ring (bicyclic) bond motifs is 2. The van der Waals surface area contributed by atoms with Crippen LogP contribution in [0.5, 0.6) is 0 Å².